The Bertz CT molecular complexity index is 1290. The molecule has 0 aliphatic carbocycles. The molecular formula is C23H21ClN2O6S. The van der Waals surface area contributed by atoms with E-state index in [-0.39, 0.29) is 23.1 Å². The first-order chi connectivity index (χ1) is 15.8. The number of nitrogens with one attached hydrogen (secondary N) is 1. The van der Waals surface area contributed by atoms with Crippen molar-refractivity contribution in [1.82, 2.24) is 0 Å². The van der Waals surface area contributed by atoms with E-state index in [1.165, 1.54) is 25.3 Å². The number of halogens is 1. The van der Waals surface area contributed by atoms with E-state index in [1.54, 1.807) is 49.4 Å². The van der Waals surface area contributed by atoms with Crippen LogP contribution < -0.4 is 23.8 Å². The number of nitrogens with zero attached hydrogens (tertiary/aromatic N) is 1. The lowest BCUT2D eigenvalue weighted by atomic mass is 10.2. The number of methoxy groups -OCH3 is 1. The fraction of sp³-hybridized carbons (Fsp3) is 0.174. The lowest BCUT2D eigenvalue weighted by molar-refractivity contribution is -0.114. The number of anilines is 2. The van der Waals surface area contributed by atoms with Crippen LogP contribution in [0.5, 0.6) is 17.2 Å². The lowest BCUT2D eigenvalue weighted by Crippen LogP contribution is -2.38. The van der Waals surface area contributed by atoms with Gasteiger partial charge in [0.15, 0.2) is 11.5 Å². The van der Waals surface area contributed by atoms with Crippen LogP contribution in [-0.2, 0) is 14.8 Å². The summed E-state index contributed by atoms with van der Waals surface area (Å²) in [7, 11) is -2.78. The highest BCUT2D eigenvalue weighted by atomic mass is 35.5. The van der Waals surface area contributed by atoms with Crippen molar-refractivity contribution in [2.24, 2.45) is 0 Å². The van der Waals surface area contributed by atoms with Crippen molar-refractivity contribution in [3.8, 4) is 17.2 Å². The van der Waals surface area contributed by atoms with Gasteiger partial charge in [-0.1, -0.05) is 17.7 Å². The van der Waals surface area contributed by atoms with E-state index < -0.39 is 22.5 Å². The molecule has 0 spiro atoms. The van der Waals surface area contributed by atoms with Gasteiger partial charge >= 0.3 is 0 Å². The Morgan fingerprint density at radius 2 is 1.79 bits per heavy atom. The maximum atomic E-state index is 13.7. The van der Waals surface area contributed by atoms with Gasteiger partial charge < -0.3 is 19.5 Å². The highest BCUT2D eigenvalue weighted by Crippen LogP contribution is 2.35. The van der Waals surface area contributed by atoms with Crippen LogP contribution in [0.4, 0.5) is 11.4 Å². The minimum Gasteiger partial charge on any atom is -0.495 e. The molecule has 172 valence electrons. The Morgan fingerprint density at radius 1 is 1.06 bits per heavy atom. The van der Waals surface area contributed by atoms with E-state index >= 15 is 0 Å². The molecule has 1 aliphatic heterocycles. The van der Waals surface area contributed by atoms with E-state index in [2.05, 4.69) is 5.32 Å². The van der Waals surface area contributed by atoms with Gasteiger partial charge in [-0.3, -0.25) is 9.10 Å². The van der Waals surface area contributed by atoms with Crippen LogP contribution in [0.3, 0.4) is 0 Å². The largest absolute Gasteiger partial charge is 0.495 e. The third-order valence-electron chi connectivity index (χ3n) is 4.95. The summed E-state index contributed by atoms with van der Waals surface area (Å²) in [5.74, 6) is 0.708. The Hall–Kier alpha value is -3.43. The normalized spacial score (nSPS) is 12.3. The molecule has 0 unspecified atom stereocenters. The highest BCUT2D eigenvalue weighted by molar-refractivity contribution is 7.93. The van der Waals surface area contributed by atoms with Gasteiger partial charge in [-0.2, -0.15) is 0 Å². The first kappa shape index (κ1) is 22.8. The van der Waals surface area contributed by atoms with Crippen LogP contribution in [0.2, 0.25) is 5.02 Å². The molecule has 1 heterocycles. The summed E-state index contributed by atoms with van der Waals surface area (Å²) >= 11 is 5.99. The second kappa shape index (κ2) is 9.21. The van der Waals surface area contributed by atoms with E-state index in [0.29, 0.717) is 22.2 Å². The Balaban J connectivity index is 1.67. The fourth-order valence-electron chi connectivity index (χ4n) is 3.33. The van der Waals surface area contributed by atoms with Gasteiger partial charge in [-0.05, 0) is 61.0 Å². The number of carbonyl (C=O) groups is 1. The number of rotatable bonds is 7. The first-order valence-corrected chi connectivity index (χ1v) is 11.7. The SMILES string of the molecule is COc1ccc(C)cc1S(=O)(=O)N(CC(=O)Nc1ccc2c(c1)OCO2)c1ccc(Cl)cc1. The molecule has 0 fully saturated rings. The third kappa shape index (κ3) is 4.84. The number of benzene rings is 3. The molecule has 0 saturated carbocycles. The molecule has 0 atom stereocenters. The predicted octanol–water partition coefficient (Wildman–Crippen LogP) is 4.22. The van der Waals surface area contributed by atoms with Crippen LogP contribution >= 0.6 is 11.6 Å². The van der Waals surface area contributed by atoms with Crippen molar-refractivity contribution in [1.29, 1.82) is 0 Å². The van der Waals surface area contributed by atoms with Crippen molar-refractivity contribution in [3.63, 3.8) is 0 Å². The minimum absolute atomic E-state index is 0.0455. The van der Waals surface area contributed by atoms with Crippen molar-refractivity contribution < 1.29 is 27.4 Å². The van der Waals surface area contributed by atoms with Gasteiger partial charge in [0.1, 0.15) is 17.2 Å². The quantitative estimate of drug-likeness (QED) is 0.535. The minimum atomic E-state index is -4.17. The molecule has 0 bridgehead atoms. The molecule has 3 aromatic rings. The third-order valence-corrected chi connectivity index (χ3v) is 6.99. The van der Waals surface area contributed by atoms with Gasteiger partial charge in [0.25, 0.3) is 10.0 Å². The Labute approximate surface area is 196 Å². The second-order valence-electron chi connectivity index (χ2n) is 7.26. The number of amides is 1. The van der Waals surface area contributed by atoms with Crippen molar-refractivity contribution in [2.75, 3.05) is 30.1 Å². The second-order valence-corrected chi connectivity index (χ2v) is 9.53. The molecule has 0 radical (unpaired) electrons. The number of carbonyl (C=O) groups excluding carboxylic acids is 1. The van der Waals surface area contributed by atoms with Gasteiger partial charge in [0.05, 0.1) is 12.8 Å². The number of sulfonamides is 1. The van der Waals surface area contributed by atoms with Crippen LogP contribution in [0.15, 0.2) is 65.6 Å². The molecule has 4 rings (SSSR count). The van der Waals surface area contributed by atoms with Crippen molar-refractivity contribution >= 4 is 38.9 Å². The highest BCUT2D eigenvalue weighted by Gasteiger charge is 2.30. The first-order valence-electron chi connectivity index (χ1n) is 9.90. The van der Waals surface area contributed by atoms with Crippen LogP contribution in [0.25, 0.3) is 0 Å². The molecule has 33 heavy (non-hydrogen) atoms. The Kier molecular flexibility index (Phi) is 6.35. The molecule has 0 saturated heterocycles. The maximum absolute atomic E-state index is 13.7. The topological polar surface area (TPSA) is 94.2 Å². The summed E-state index contributed by atoms with van der Waals surface area (Å²) in [5, 5.41) is 3.15. The van der Waals surface area contributed by atoms with E-state index in [0.717, 1.165) is 9.87 Å². The standard InChI is InChI=1S/C23H21ClN2O6S/c1-15-3-9-20(30-2)22(11-15)33(28,29)26(18-7-4-16(24)5-8-18)13-23(27)25-17-6-10-19-21(12-17)32-14-31-19/h3-12H,13-14H2,1-2H3,(H,25,27). The fourth-order valence-corrected chi connectivity index (χ4v) is 5.12. The number of ether oxygens (including phenoxy) is 3. The molecule has 1 amide bonds. The predicted molar refractivity (Wildman–Crippen MR) is 125 cm³/mol. The zero-order chi connectivity index (χ0) is 23.6. The summed E-state index contributed by atoms with van der Waals surface area (Å²) in [4.78, 5) is 12.9. The van der Waals surface area contributed by atoms with E-state index in [4.69, 9.17) is 25.8 Å². The molecule has 1 aliphatic rings. The van der Waals surface area contributed by atoms with E-state index in [1.807, 2.05) is 0 Å². The summed E-state index contributed by atoms with van der Waals surface area (Å²) in [5.41, 5.74) is 1.46. The maximum Gasteiger partial charge on any atom is 0.268 e. The van der Waals surface area contributed by atoms with E-state index in [9.17, 15) is 13.2 Å². The van der Waals surface area contributed by atoms with Crippen molar-refractivity contribution in [3.05, 3.63) is 71.2 Å². The zero-order valence-electron chi connectivity index (χ0n) is 17.9. The van der Waals surface area contributed by atoms with Gasteiger partial charge in [-0.25, -0.2) is 8.42 Å². The average molecular weight is 489 g/mol. The summed E-state index contributed by atoms with van der Waals surface area (Å²) < 4.78 is 44.3. The molecule has 0 aromatic heterocycles. The molecular weight excluding hydrogens is 468 g/mol. The zero-order valence-corrected chi connectivity index (χ0v) is 19.4. The smallest absolute Gasteiger partial charge is 0.268 e. The molecule has 1 N–H and O–H groups in total. The van der Waals surface area contributed by atoms with Crippen LogP contribution in [-0.4, -0.2) is 34.8 Å². The molecule has 8 nitrogen and oxygen atoms in total. The number of hydrogen-bond acceptors (Lipinski definition) is 6. The molecule has 10 heteroatoms. The monoisotopic (exact) mass is 488 g/mol. The number of aryl methyl sites for hydroxylation is 1. The Morgan fingerprint density at radius 3 is 2.52 bits per heavy atom. The number of fused-ring (bicyclic) bond motifs is 1. The van der Waals surface area contributed by atoms with Crippen LogP contribution in [0, 0.1) is 6.92 Å². The van der Waals surface area contributed by atoms with Crippen molar-refractivity contribution in [2.45, 2.75) is 11.8 Å². The van der Waals surface area contributed by atoms with Gasteiger partial charge in [-0.15, -0.1) is 0 Å². The average Bonchev–Trinajstić information content (AvgIpc) is 3.26. The van der Waals surface area contributed by atoms with Gasteiger partial charge in [0, 0.05) is 16.8 Å². The summed E-state index contributed by atoms with van der Waals surface area (Å²) in [6, 6.07) is 16.0. The van der Waals surface area contributed by atoms with Gasteiger partial charge in [0.2, 0.25) is 12.7 Å². The van der Waals surface area contributed by atoms with Crippen LogP contribution in [0.1, 0.15) is 5.56 Å². The summed E-state index contributed by atoms with van der Waals surface area (Å²) in [6.45, 7) is 1.40. The summed E-state index contributed by atoms with van der Waals surface area (Å²) in [6.07, 6.45) is 0. The number of hydrogen-bond donors (Lipinski definition) is 1. The molecule has 3 aromatic carbocycles. The lowest BCUT2D eigenvalue weighted by Gasteiger charge is -2.25.